The van der Waals surface area contributed by atoms with Gasteiger partial charge in [-0.25, -0.2) is 4.99 Å². The first-order valence-corrected chi connectivity index (χ1v) is 11.2. The summed E-state index contributed by atoms with van der Waals surface area (Å²) < 4.78 is 0.981. The molecule has 2 N–H and O–H groups in total. The third-order valence-electron chi connectivity index (χ3n) is 7.20. The van der Waals surface area contributed by atoms with Crippen LogP contribution in [0.5, 0.6) is 0 Å². The van der Waals surface area contributed by atoms with Gasteiger partial charge in [-0.3, -0.25) is 9.69 Å². The van der Waals surface area contributed by atoms with Crippen LogP contribution in [0.25, 0.3) is 0 Å². The SMILES string of the molecule is CC(C)N1C(=O)C2(N=C1N)c1cc(Br)ccc1CC21CCc2ccccc2CC1. The van der Waals surface area contributed by atoms with Crippen LogP contribution in [0.3, 0.4) is 0 Å². The molecule has 2 aliphatic carbocycles. The van der Waals surface area contributed by atoms with Crippen LogP contribution >= 0.6 is 15.9 Å². The number of carbonyl (C=O) groups is 1. The maximum Gasteiger partial charge on any atom is 0.262 e. The second-order valence-electron chi connectivity index (χ2n) is 8.98. The highest BCUT2D eigenvalue weighted by molar-refractivity contribution is 9.10. The molecule has 0 saturated heterocycles. The zero-order valence-corrected chi connectivity index (χ0v) is 18.5. The molecule has 0 bridgehead atoms. The molecule has 1 aliphatic heterocycles. The van der Waals surface area contributed by atoms with Crippen molar-refractivity contribution < 1.29 is 4.79 Å². The van der Waals surface area contributed by atoms with E-state index in [1.165, 1.54) is 16.7 Å². The number of hydrogen-bond donors (Lipinski definition) is 1. The van der Waals surface area contributed by atoms with E-state index >= 15 is 0 Å². The summed E-state index contributed by atoms with van der Waals surface area (Å²) in [5.41, 5.74) is 10.3. The van der Waals surface area contributed by atoms with Gasteiger partial charge in [0, 0.05) is 15.9 Å². The van der Waals surface area contributed by atoms with E-state index in [-0.39, 0.29) is 17.4 Å². The van der Waals surface area contributed by atoms with Crippen LogP contribution < -0.4 is 5.73 Å². The van der Waals surface area contributed by atoms with Gasteiger partial charge >= 0.3 is 0 Å². The quantitative estimate of drug-likeness (QED) is 0.700. The van der Waals surface area contributed by atoms with Gasteiger partial charge in [-0.15, -0.1) is 0 Å². The number of rotatable bonds is 1. The predicted molar refractivity (Wildman–Crippen MR) is 119 cm³/mol. The summed E-state index contributed by atoms with van der Waals surface area (Å²) in [5, 5.41) is 0. The highest BCUT2D eigenvalue weighted by atomic mass is 79.9. The highest BCUT2D eigenvalue weighted by Crippen LogP contribution is 2.61. The van der Waals surface area contributed by atoms with Crippen molar-refractivity contribution in [2.75, 3.05) is 0 Å². The lowest BCUT2D eigenvalue weighted by Gasteiger charge is -2.41. The van der Waals surface area contributed by atoms with Crippen molar-refractivity contribution in [2.45, 2.75) is 57.5 Å². The Bertz CT molecular complexity index is 1020. The Morgan fingerprint density at radius 3 is 2.31 bits per heavy atom. The van der Waals surface area contributed by atoms with Crippen LogP contribution in [-0.4, -0.2) is 22.8 Å². The minimum absolute atomic E-state index is 0.0122. The summed E-state index contributed by atoms with van der Waals surface area (Å²) in [6, 6.07) is 15.0. The number of nitrogens with zero attached hydrogens (tertiary/aromatic N) is 2. The minimum Gasteiger partial charge on any atom is -0.369 e. The first-order valence-electron chi connectivity index (χ1n) is 10.4. The van der Waals surface area contributed by atoms with E-state index in [0.717, 1.165) is 42.1 Å². The Hall–Kier alpha value is -2.14. The van der Waals surface area contributed by atoms with Gasteiger partial charge in [0.2, 0.25) is 0 Å². The smallest absolute Gasteiger partial charge is 0.262 e. The first kappa shape index (κ1) is 18.9. The second-order valence-corrected chi connectivity index (χ2v) is 9.89. The Labute approximate surface area is 180 Å². The molecule has 2 aromatic carbocycles. The van der Waals surface area contributed by atoms with Crippen LogP contribution in [0.1, 0.15) is 48.9 Å². The van der Waals surface area contributed by atoms with Crippen LogP contribution in [0, 0.1) is 5.41 Å². The molecule has 2 spiro atoms. The lowest BCUT2D eigenvalue weighted by Crippen LogP contribution is -2.52. The van der Waals surface area contributed by atoms with Gasteiger partial charge in [-0.2, -0.15) is 0 Å². The fraction of sp³-hybridized carbons (Fsp3) is 0.417. The number of aryl methyl sites for hydroxylation is 2. The third kappa shape index (κ3) is 2.49. The molecule has 1 atom stereocenters. The fourth-order valence-corrected chi connectivity index (χ4v) is 6.21. The molecule has 150 valence electrons. The summed E-state index contributed by atoms with van der Waals surface area (Å²) in [7, 11) is 0. The fourth-order valence-electron chi connectivity index (χ4n) is 5.85. The van der Waals surface area contributed by atoms with Gasteiger partial charge in [0.15, 0.2) is 11.5 Å². The van der Waals surface area contributed by atoms with Gasteiger partial charge in [-0.05, 0) is 80.3 Å². The molecule has 5 heteroatoms. The number of halogens is 1. The number of guanidine groups is 1. The Morgan fingerprint density at radius 2 is 1.72 bits per heavy atom. The van der Waals surface area contributed by atoms with Gasteiger partial charge in [0.05, 0.1) is 0 Å². The molecule has 0 aromatic heterocycles. The summed E-state index contributed by atoms with van der Waals surface area (Å²) in [5.74, 6) is 0.409. The zero-order valence-electron chi connectivity index (χ0n) is 16.9. The molecule has 2 aromatic rings. The number of amides is 1. The molecule has 0 fully saturated rings. The third-order valence-corrected chi connectivity index (χ3v) is 7.69. The van der Waals surface area contributed by atoms with Crippen LogP contribution in [0.4, 0.5) is 0 Å². The largest absolute Gasteiger partial charge is 0.369 e. The molecule has 0 saturated carbocycles. The summed E-state index contributed by atoms with van der Waals surface area (Å²) in [4.78, 5) is 20.8. The van der Waals surface area contributed by atoms with E-state index in [0.29, 0.717) is 5.96 Å². The molecular formula is C24H26BrN3O. The lowest BCUT2D eigenvalue weighted by molar-refractivity contribution is -0.137. The van der Waals surface area contributed by atoms with Crippen molar-refractivity contribution in [1.29, 1.82) is 0 Å². The molecule has 0 radical (unpaired) electrons. The van der Waals surface area contributed by atoms with E-state index in [4.69, 9.17) is 10.7 Å². The molecule has 4 nitrogen and oxygen atoms in total. The van der Waals surface area contributed by atoms with Crippen LogP contribution in [0.2, 0.25) is 0 Å². The standard InChI is InChI=1S/C24H26BrN3O/c1-15(2)28-21(29)24(27-22(28)26)20-13-19(25)8-7-18(20)14-23(24)11-9-16-5-3-4-6-17(16)10-12-23/h3-8,13,15H,9-12,14H2,1-2H3,(H2,26,27). The maximum absolute atomic E-state index is 14.0. The van der Waals surface area contributed by atoms with Crippen molar-refractivity contribution in [1.82, 2.24) is 4.90 Å². The van der Waals surface area contributed by atoms with Crippen molar-refractivity contribution in [3.05, 3.63) is 69.2 Å². The number of fused-ring (bicyclic) bond motifs is 4. The number of hydrogen-bond acceptors (Lipinski definition) is 3. The Kier molecular flexibility index (Phi) is 4.18. The summed E-state index contributed by atoms with van der Waals surface area (Å²) in [6.45, 7) is 4.01. The topological polar surface area (TPSA) is 58.7 Å². The van der Waals surface area contributed by atoms with E-state index in [1.807, 2.05) is 13.8 Å². The monoisotopic (exact) mass is 451 g/mol. The predicted octanol–water partition coefficient (Wildman–Crippen LogP) is 4.33. The number of benzene rings is 2. The Morgan fingerprint density at radius 1 is 1.07 bits per heavy atom. The van der Waals surface area contributed by atoms with E-state index in [1.54, 1.807) is 4.90 Å². The highest BCUT2D eigenvalue weighted by Gasteiger charge is 2.66. The van der Waals surface area contributed by atoms with Gasteiger partial charge in [-0.1, -0.05) is 46.3 Å². The maximum atomic E-state index is 14.0. The van der Waals surface area contributed by atoms with Crippen molar-refractivity contribution >= 4 is 27.8 Å². The molecule has 3 aliphatic rings. The molecular weight excluding hydrogens is 426 g/mol. The average molecular weight is 452 g/mol. The number of carbonyl (C=O) groups excluding carboxylic acids is 1. The lowest BCUT2D eigenvalue weighted by atomic mass is 9.65. The van der Waals surface area contributed by atoms with E-state index in [9.17, 15) is 4.79 Å². The Balaban J connectivity index is 1.70. The van der Waals surface area contributed by atoms with E-state index in [2.05, 4.69) is 58.4 Å². The van der Waals surface area contributed by atoms with Crippen LogP contribution in [0.15, 0.2) is 51.9 Å². The van der Waals surface area contributed by atoms with Crippen LogP contribution in [-0.2, 0) is 29.6 Å². The van der Waals surface area contributed by atoms with Gasteiger partial charge < -0.3 is 5.73 Å². The molecule has 1 amide bonds. The number of nitrogens with two attached hydrogens (primary N) is 1. The second kappa shape index (κ2) is 6.43. The molecule has 1 heterocycles. The molecule has 1 unspecified atom stereocenters. The molecule has 29 heavy (non-hydrogen) atoms. The summed E-state index contributed by atoms with van der Waals surface area (Å²) >= 11 is 3.62. The van der Waals surface area contributed by atoms with E-state index < -0.39 is 5.54 Å². The zero-order chi connectivity index (χ0) is 20.4. The van der Waals surface area contributed by atoms with Gasteiger partial charge in [0.25, 0.3) is 5.91 Å². The van der Waals surface area contributed by atoms with Crippen molar-refractivity contribution in [2.24, 2.45) is 16.1 Å². The van der Waals surface area contributed by atoms with Crippen molar-refractivity contribution in [3.63, 3.8) is 0 Å². The number of aliphatic imine (C=N–C) groups is 1. The molecule has 5 rings (SSSR count). The minimum atomic E-state index is -0.914. The van der Waals surface area contributed by atoms with Gasteiger partial charge in [0.1, 0.15) is 0 Å². The first-order chi connectivity index (χ1) is 13.9. The normalized spacial score (nSPS) is 24.8. The van der Waals surface area contributed by atoms with Crippen molar-refractivity contribution in [3.8, 4) is 0 Å². The summed E-state index contributed by atoms with van der Waals surface area (Å²) in [6.07, 6.45) is 4.68. The average Bonchev–Trinajstić information content (AvgIpc) is 3.01.